The summed E-state index contributed by atoms with van der Waals surface area (Å²) in [6, 6.07) is 3.87. The molecular formula is C8H9ClOS. The number of halogens is 1. The highest BCUT2D eigenvalue weighted by Gasteiger charge is 2.40. The van der Waals surface area contributed by atoms with E-state index in [0.717, 1.165) is 23.6 Å². The predicted octanol–water partition coefficient (Wildman–Crippen LogP) is 2.47. The zero-order chi connectivity index (χ0) is 7.90. The third-order valence-electron chi connectivity index (χ3n) is 1.96. The van der Waals surface area contributed by atoms with E-state index in [1.165, 1.54) is 4.88 Å². The molecular weight excluding hydrogens is 180 g/mol. The molecule has 0 aromatic carbocycles. The van der Waals surface area contributed by atoms with Gasteiger partial charge >= 0.3 is 0 Å². The van der Waals surface area contributed by atoms with Crippen LogP contribution < -0.4 is 0 Å². The topological polar surface area (TPSA) is 20.2 Å². The molecule has 1 saturated carbocycles. The summed E-state index contributed by atoms with van der Waals surface area (Å²) >= 11 is 7.31. The monoisotopic (exact) mass is 188 g/mol. The smallest absolute Gasteiger partial charge is 0.0931 e. The van der Waals surface area contributed by atoms with Crippen LogP contribution in [0.4, 0.5) is 0 Å². The maximum atomic E-state index is 9.56. The van der Waals surface area contributed by atoms with Gasteiger partial charge in [-0.15, -0.1) is 11.3 Å². The number of hydrogen-bond donors (Lipinski definition) is 1. The van der Waals surface area contributed by atoms with E-state index in [-0.39, 0.29) is 5.60 Å². The number of hydrogen-bond acceptors (Lipinski definition) is 2. The molecule has 0 spiro atoms. The molecule has 1 fully saturated rings. The van der Waals surface area contributed by atoms with Crippen LogP contribution in [0.3, 0.4) is 0 Å². The van der Waals surface area contributed by atoms with Crippen molar-refractivity contribution in [2.24, 2.45) is 0 Å². The third-order valence-corrected chi connectivity index (χ3v) is 3.19. The van der Waals surface area contributed by atoms with Crippen LogP contribution in [0.2, 0.25) is 4.34 Å². The summed E-state index contributed by atoms with van der Waals surface area (Å²) in [6.07, 6.45) is 2.68. The largest absolute Gasteiger partial charge is 0.390 e. The fourth-order valence-electron chi connectivity index (χ4n) is 1.09. The standard InChI is InChI=1S/C8H9ClOS/c9-7-2-1-6(11-7)5-8(10)3-4-8/h1-2,10H,3-5H2. The van der Waals surface area contributed by atoms with Crippen LogP contribution in [-0.2, 0) is 6.42 Å². The Bertz CT molecular complexity index is 265. The summed E-state index contributed by atoms with van der Waals surface area (Å²) in [5.74, 6) is 0. The lowest BCUT2D eigenvalue weighted by Crippen LogP contribution is -2.08. The Balaban J connectivity index is 2.06. The lowest BCUT2D eigenvalue weighted by molar-refractivity contribution is 0.152. The van der Waals surface area contributed by atoms with Crippen LogP contribution in [-0.4, -0.2) is 10.7 Å². The minimum absolute atomic E-state index is 0.381. The normalized spacial score (nSPS) is 20.2. The molecule has 1 aliphatic carbocycles. The maximum Gasteiger partial charge on any atom is 0.0931 e. The van der Waals surface area contributed by atoms with Crippen LogP contribution in [0.15, 0.2) is 12.1 Å². The quantitative estimate of drug-likeness (QED) is 0.756. The molecule has 1 N–H and O–H groups in total. The fraction of sp³-hybridized carbons (Fsp3) is 0.500. The van der Waals surface area contributed by atoms with Crippen LogP contribution in [0.5, 0.6) is 0 Å². The summed E-state index contributed by atoms with van der Waals surface area (Å²) < 4.78 is 0.809. The maximum absolute atomic E-state index is 9.56. The summed E-state index contributed by atoms with van der Waals surface area (Å²) in [6.45, 7) is 0. The van der Waals surface area contributed by atoms with Gasteiger partial charge in [-0.3, -0.25) is 0 Å². The number of aliphatic hydroxyl groups is 1. The van der Waals surface area contributed by atoms with Gasteiger partial charge in [0.1, 0.15) is 0 Å². The van der Waals surface area contributed by atoms with Gasteiger partial charge in [0.05, 0.1) is 9.94 Å². The number of thiophene rings is 1. The molecule has 11 heavy (non-hydrogen) atoms. The van der Waals surface area contributed by atoms with Gasteiger partial charge in [-0.1, -0.05) is 11.6 Å². The molecule has 0 radical (unpaired) electrons. The summed E-state index contributed by atoms with van der Waals surface area (Å²) in [5, 5.41) is 9.56. The van der Waals surface area contributed by atoms with Crippen molar-refractivity contribution < 1.29 is 5.11 Å². The highest BCUT2D eigenvalue weighted by Crippen LogP contribution is 2.39. The van der Waals surface area contributed by atoms with Gasteiger partial charge in [0.15, 0.2) is 0 Å². The lowest BCUT2D eigenvalue weighted by Gasteiger charge is -2.02. The fourth-order valence-corrected chi connectivity index (χ4v) is 2.32. The summed E-state index contributed by atoms with van der Waals surface area (Å²) in [7, 11) is 0. The Kier molecular flexibility index (Phi) is 1.71. The Hall–Kier alpha value is -0.0500. The Labute approximate surface area is 74.6 Å². The van der Waals surface area contributed by atoms with Gasteiger partial charge in [0, 0.05) is 11.3 Å². The van der Waals surface area contributed by atoms with Crippen molar-refractivity contribution in [3.63, 3.8) is 0 Å². The van der Waals surface area contributed by atoms with Gasteiger partial charge in [0.25, 0.3) is 0 Å². The predicted molar refractivity (Wildman–Crippen MR) is 47.2 cm³/mol. The zero-order valence-corrected chi connectivity index (χ0v) is 7.58. The van der Waals surface area contributed by atoms with Gasteiger partial charge < -0.3 is 5.11 Å². The van der Waals surface area contributed by atoms with Gasteiger partial charge in [-0.2, -0.15) is 0 Å². The minimum Gasteiger partial charge on any atom is -0.390 e. The van der Waals surface area contributed by atoms with Crippen molar-refractivity contribution in [3.8, 4) is 0 Å². The van der Waals surface area contributed by atoms with Crippen LogP contribution in [0, 0.1) is 0 Å². The molecule has 2 rings (SSSR count). The molecule has 0 unspecified atom stereocenters. The average molecular weight is 189 g/mol. The Morgan fingerprint density at radius 3 is 2.73 bits per heavy atom. The van der Waals surface area contributed by atoms with E-state index in [1.807, 2.05) is 12.1 Å². The van der Waals surface area contributed by atoms with Crippen LogP contribution >= 0.6 is 22.9 Å². The second kappa shape index (κ2) is 2.47. The van der Waals surface area contributed by atoms with Crippen molar-refractivity contribution in [2.45, 2.75) is 24.9 Å². The van der Waals surface area contributed by atoms with Crippen molar-refractivity contribution in [1.82, 2.24) is 0 Å². The Morgan fingerprint density at radius 1 is 1.55 bits per heavy atom. The SMILES string of the molecule is OC1(Cc2ccc(Cl)s2)CC1. The van der Waals surface area contributed by atoms with E-state index in [9.17, 15) is 5.11 Å². The van der Waals surface area contributed by atoms with Gasteiger partial charge in [-0.05, 0) is 25.0 Å². The van der Waals surface area contributed by atoms with Crippen molar-refractivity contribution in [3.05, 3.63) is 21.3 Å². The first-order chi connectivity index (χ1) is 5.18. The molecule has 1 aliphatic rings. The van der Waals surface area contributed by atoms with Crippen LogP contribution in [0.1, 0.15) is 17.7 Å². The molecule has 1 aromatic heterocycles. The molecule has 0 bridgehead atoms. The van der Waals surface area contributed by atoms with Crippen LogP contribution in [0.25, 0.3) is 0 Å². The Morgan fingerprint density at radius 2 is 2.27 bits per heavy atom. The minimum atomic E-state index is -0.381. The molecule has 1 aromatic rings. The second-order valence-electron chi connectivity index (χ2n) is 3.11. The summed E-state index contributed by atoms with van der Waals surface area (Å²) in [5.41, 5.74) is -0.381. The van der Waals surface area contributed by atoms with E-state index >= 15 is 0 Å². The zero-order valence-electron chi connectivity index (χ0n) is 6.01. The number of rotatable bonds is 2. The first-order valence-corrected chi connectivity index (χ1v) is 4.84. The third kappa shape index (κ3) is 1.75. The van der Waals surface area contributed by atoms with E-state index in [4.69, 9.17) is 11.6 Å². The molecule has 0 atom stereocenters. The van der Waals surface area contributed by atoms with Gasteiger partial charge in [-0.25, -0.2) is 0 Å². The highest BCUT2D eigenvalue weighted by molar-refractivity contribution is 7.16. The van der Waals surface area contributed by atoms with Crippen molar-refractivity contribution in [1.29, 1.82) is 0 Å². The molecule has 0 aliphatic heterocycles. The van der Waals surface area contributed by atoms with E-state index in [0.29, 0.717) is 0 Å². The van der Waals surface area contributed by atoms with E-state index < -0.39 is 0 Å². The first-order valence-electron chi connectivity index (χ1n) is 3.65. The van der Waals surface area contributed by atoms with Gasteiger partial charge in [0.2, 0.25) is 0 Å². The second-order valence-corrected chi connectivity index (χ2v) is 4.91. The average Bonchev–Trinajstić information content (AvgIpc) is 2.49. The van der Waals surface area contributed by atoms with E-state index in [2.05, 4.69) is 0 Å². The molecule has 1 nitrogen and oxygen atoms in total. The van der Waals surface area contributed by atoms with Crippen molar-refractivity contribution in [2.75, 3.05) is 0 Å². The molecule has 3 heteroatoms. The first kappa shape index (κ1) is 7.59. The highest BCUT2D eigenvalue weighted by atomic mass is 35.5. The lowest BCUT2D eigenvalue weighted by atomic mass is 10.2. The molecule has 1 heterocycles. The summed E-state index contributed by atoms with van der Waals surface area (Å²) in [4.78, 5) is 1.19. The molecule has 60 valence electrons. The van der Waals surface area contributed by atoms with Crippen molar-refractivity contribution >= 4 is 22.9 Å². The molecule has 0 amide bonds. The molecule has 0 saturated heterocycles. The van der Waals surface area contributed by atoms with E-state index in [1.54, 1.807) is 11.3 Å².